The van der Waals surface area contributed by atoms with Crippen molar-refractivity contribution in [2.45, 2.75) is 33.0 Å². The average molecular weight is 233 g/mol. The number of alkyl halides is 1. The van der Waals surface area contributed by atoms with Crippen LogP contribution in [-0.2, 0) is 14.3 Å². The first kappa shape index (κ1) is 14.4. The van der Waals surface area contributed by atoms with Crippen molar-refractivity contribution in [1.82, 2.24) is 0 Å². The molecule has 0 N–H and O–H groups in total. The van der Waals surface area contributed by atoms with Crippen molar-refractivity contribution < 1.29 is 14.3 Å². The largest absolute Gasteiger partial charge is 0.342 e. The van der Waals surface area contributed by atoms with Crippen LogP contribution in [-0.4, -0.2) is 31.2 Å². The maximum absolute atomic E-state index is 11.2. The van der Waals surface area contributed by atoms with Gasteiger partial charge < -0.3 is 9.47 Å². The molecule has 0 saturated heterocycles. The molecular weight excluding hydrogens is 216 g/mol. The highest BCUT2D eigenvalue weighted by molar-refractivity contribution is 6.18. The summed E-state index contributed by atoms with van der Waals surface area (Å²) >= 11 is 5.46. The summed E-state index contributed by atoms with van der Waals surface area (Å²) in [6.45, 7) is 4.72. The van der Waals surface area contributed by atoms with Gasteiger partial charge in [0.1, 0.15) is 0 Å². The molecule has 4 heteroatoms. The van der Waals surface area contributed by atoms with Crippen LogP contribution in [0.2, 0.25) is 0 Å². The van der Waals surface area contributed by atoms with Crippen LogP contribution in [0.5, 0.6) is 0 Å². The second-order valence-electron chi connectivity index (χ2n) is 2.73. The van der Waals surface area contributed by atoms with Gasteiger partial charge in [0.05, 0.1) is 0 Å². The average Bonchev–Trinajstić information content (AvgIpc) is 2.23. The second-order valence-corrected chi connectivity index (χ2v) is 3.11. The van der Waals surface area contributed by atoms with Gasteiger partial charge in [-0.2, -0.15) is 0 Å². The Morgan fingerprint density at radius 3 is 2.40 bits per heavy atom. The molecule has 0 aliphatic rings. The van der Waals surface area contributed by atoms with E-state index in [1.807, 2.05) is 13.8 Å². The zero-order valence-corrected chi connectivity index (χ0v) is 9.97. The third-order valence-electron chi connectivity index (χ3n) is 1.50. The molecule has 0 aliphatic heterocycles. The number of halogens is 1. The first-order valence-electron chi connectivity index (χ1n) is 5.08. The van der Waals surface area contributed by atoms with E-state index in [2.05, 4.69) is 11.8 Å². The fourth-order valence-corrected chi connectivity index (χ4v) is 0.997. The number of Topliss-reactive ketones (excluding diaryl/α,β-unsaturated/α-hetero) is 1. The van der Waals surface area contributed by atoms with Crippen LogP contribution < -0.4 is 0 Å². The van der Waals surface area contributed by atoms with Gasteiger partial charge in [0.15, 0.2) is 0 Å². The number of carbonyl (C=O) groups is 1. The fraction of sp³-hybridized carbons (Fsp3) is 0.727. The van der Waals surface area contributed by atoms with Crippen molar-refractivity contribution in [2.75, 3.05) is 19.1 Å². The predicted octanol–water partition coefficient (Wildman–Crippen LogP) is 1.98. The Balaban J connectivity index is 4.00. The summed E-state index contributed by atoms with van der Waals surface area (Å²) in [5.41, 5.74) is 0. The molecule has 0 aliphatic carbocycles. The molecule has 0 atom stereocenters. The fourth-order valence-electron chi connectivity index (χ4n) is 0.863. The minimum atomic E-state index is -0.597. The topological polar surface area (TPSA) is 35.5 Å². The Labute approximate surface area is 96.1 Å². The first-order chi connectivity index (χ1) is 7.24. The predicted molar refractivity (Wildman–Crippen MR) is 59.8 cm³/mol. The Hall–Kier alpha value is -0.560. The Morgan fingerprint density at radius 2 is 1.93 bits per heavy atom. The standard InChI is InChI=1S/C11H17ClO3/c1-3-14-11(15-4-2)8-7-10(13)6-5-9-12/h11H,3-6,9H2,1-2H3. The number of carbonyl (C=O) groups excluding carboxylic acids is 1. The Kier molecular flexibility index (Phi) is 9.60. The molecule has 0 radical (unpaired) electrons. The smallest absolute Gasteiger partial charge is 0.222 e. The van der Waals surface area contributed by atoms with Crippen LogP contribution in [0, 0.1) is 11.8 Å². The van der Waals surface area contributed by atoms with Gasteiger partial charge in [-0.25, -0.2) is 0 Å². The van der Waals surface area contributed by atoms with Crippen molar-refractivity contribution >= 4 is 17.4 Å². The van der Waals surface area contributed by atoms with Crippen LogP contribution in [0.3, 0.4) is 0 Å². The van der Waals surface area contributed by atoms with Crippen LogP contribution in [0.1, 0.15) is 26.7 Å². The number of ketones is 1. The lowest BCUT2D eigenvalue weighted by atomic mass is 10.2. The molecule has 0 amide bonds. The number of hydrogen-bond acceptors (Lipinski definition) is 3. The number of rotatable bonds is 7. The maximum Gasteiger partial charge on any atom is 0.222 e. The van der Waals surface area contributed by atoms with Crippen LogP contribution in [0.25, 0.3) is 0 Å². The van der Waals surface area contributed by atoms with Gasteiger partial charge in [0.2, 0.25) is 12.1 Å². The molecule has 86 valence electrons. The van der Waals surface area contributed by atoms with E-state index in [-0.39, 0.29) is 5.78 Å². The van der Waals surface area contributed by atoms with E-state index in [0.29, 0.717) is 31.9 Å². The Morgan fingerprint density at radius 1 is 1.33 bits per heavy atom. The van der Waals surface area contributed by atoms with Crippen molar-refractivity contribution in [3.8, 4) is 11.8 Å². The van der Waals surface area contributed by atoms with E-state index in [0.717, 1.165) is 0 Å². The molecule has 3 nitrogen and oxygen atoms in total. The lowest BCUT2D eigenvalue weighted by molar-refractivity contribution is -0.114. The zero-order valence-electron chi connectivity index (χ0n) is 9.22. The molecular formula is C11H17ClO3. The summed E-state index contributed by atoms with van der Waals surface area (Å²) in [6, 6.07) is 0. The van der Waals surface area contributed by atoms with E-state index < -0.39 is 6.29 Å². The van der Waals surface area contributed by atoms with E-state index in [1.165, 1.54) is 0 Å². The highest BCUT2D eigenvalue weighted by Crippen LogP contribution is 1.95. The van der Waals surface area contributed by atoms with Gasteiger partial charge in [0, 0.05) is 25.5 Å². The molecule has 15 heavy (non-hydrogen) atoms. The minimum Gasteiger partial charge on any atom is -0.342 e. The summed E-state index contributed by atoms with van der Waals surface area (Å²) in [5.74, 6) is 5.49. The highest BCUT2D eigenvalue weighted by atomic mass is 35.5. The van der Waals surface area contributed by atoms with Crippen molar-refractivity contribution in [3.63, 3.8) is 0 Å². The zero-order chi connectivity index (χ0) is 11.5. The van der Waals surface area contributed by atoms with E-state index in [4.69, 9.17) is 21.1 Å². The molecule has 0 spiro atoms. The third kappa shape index (κ3) is 8.44. The van der Waals surface area contributed by atoms with Gasteiger partial charge in [-0.3, -0.25) is 4.79 Å². The highest BCUT2D eigenvalue weighted by Gasteiger charge is 2.03. The molecule has 0 aromatic carbocycles. The molecule has 0 fully saturated rings. The van der Waals surface area contributed by atoms with Gasteiger partial charge in [0.25, 0.3) is 0 Å². The van der Waals surface area contributed by atoms with E-state index in [9.17, 15) is 4.79 Å². The number of hydrogen-bond donors (Lipinski definition) is 0. The summed E-state index contributed by atoms with van der Waals surface area (Å²) in [4.78, 5) is 11.2. The van der Waals surface area contributed by atoms with Crippen molar-refractivity contribution in [2.24, 2.45) is 0 Å². The summed E-state index contributed by atoms with van der Waals surface area (Å²) in [6.07, 6.45) is 0.449. The quantitative estimate of drug-likeness (QED) is 0.291. The first-order valence-corrected chi connectivity index (χ1v) is 5.61. The molecule has 0 unspecified atom stereocenters. The lowest BCUT2D eigenvalue weighted by Crippen LogP contribution is -2.15. The monoisotopic (exact) mass is 232 g/mol. The molecule has 0 aromatic heterocycles. The van der Waals surface area contributed by atoms with Crippen LogP contribution in [0.15, 0.2) is 0 Å². The minimum absolute atomic E-state index is 0.125. The molecule has 0 heterocycles. The van der Waals surface area contributed by atoms with Gasteiger partial charge in [-0.1, -0.05) is 0 Å². The Bertz CT molecular complexity index is 224. The van der Waals surface area contributed by atoms with Gasteiger partial charge in [-0.15, -0.1) is 11.6 Å². The molecule has 0 aromatic rings. The van der Waals surface area contributed by atoms with Gasteiger partial charge >= 0.3 is 0 Å². The number of ether oxygens (including phenoxy) is 2. The van der Waals surface area contributed by atoms with Crippen LogP contribution in [0.4, 0.5) is 0 Å². The summed E-state index contributed by atoms with van der Waals surface area (Å²) in [7, 11) is 0. The summed E-state index contributed by atoms with van der Waals surface area (Å²) < 4.78 is 10.3. The molecule has 0 bridgehead atoms. The second kappa shape index (κ2) is 9.97. The molecule has 0 saturated carbocycles. The SMILES string of the molecule is CCOC(C#CC(=O)CCCCl)OCC. The van der Waals surface area contributed by atoms with E-state index in [1.54, 1.807) is 0 Å². The van der Waals surface area contributed by atoms with Crippen molar-refractivity contribution in [1.29, 1.82) is 0 Å². The van der Waals surface area contributed by atoms with Crippen LogP contribution >= 0.6 is 11.6 Å². The normalized spacial score (nSPS) is 9.87. The van der Waals surface area contributed by atoms with Gasteiger partial charge in [-0.05, 0) is 32.1 Å². The third-order valence-corrected chi connectivity index (χ3v) is 1.77. The lowest BCUT2D eigenvalue weighted by Gasteiger charge is -2.09. The maximum atomic E-state index is 11.2. The summed E-state index contributed by atoms with van der Waals surface area (Å²) in [5, 5.41) is 0. The molecule has 0 rings (SSSR count). The van der Waals surface area contributed by atoms with Crippen molar-refractivity contribution in [3.05, 3.63) is 0 Å². The van der Waals surface area contributed by atoms with E-state index >= 15 is 0 Å².